The maximum atomic E-state index is 13.0. The van der Waals surface area contributed by atoms with E-state index in [9.17, 15) is 9.50 Å². The van der Waals surface area contributed by atoms with Gasteiger partial charge in [-0.3, -0.25) is 9.78 Å². The number of aromatic amines is 1. The first kappa shape index (κ1) is 19.6. The van der Waals surface area contributed by atoms with Gasteiger partial charge in [0.15, 0.2) is 0 Å². The minimum atomic E-state index is -0.988. The maximum absolute atomic E-state index is 13.0. The monoisotopic (exact) mass is 367 g/mol. The minimum Gasteiger partial charge on any atom is -0.491 e. The predicted molar refractivity (Wildman–Crippen MR) is 97.5 cm³/mol. The van der Waals surface area contributed by atoms with Gasteiger partial charge >= 0.3 is 0 Å². The number of aliphatic hydroxyl groups is 1. The molecule has 2 aromatic rings. The highest BCUT2D eigenvalue weighted by Gasteiger charge is 2.40. The molecule has 1 aromatic heterocycles. The average molecular weight is 367 g/mol. The third kappa shape index (κ3) is 5.12. The zero-order chi connectivity index (χ0) is 18.7. The molecule has 0 saturated carbocycles. The van der Waals surface area contributed by atoms with E-state index >= 15 is 0 Å². The molecule has 1 heterocycles. The molecule has 0 aliphatic heterocycles. The number of halogens is 1. The Hall–Kier alpha value is -1.73. The van der Waals surface area contributed by atoms with Gasteiger partial charge in [0, 0.05) is 0 Å². The van der Waals surface area contributed by atoms with Gasteiger partial charge in [-0.1, -0.05) is 20.8 Å². The van der Waals surface area contributed by atoms with E-state index in [1.165, 1.54) is 18.5 Å². The lowest BCUT2D eigenvalue weighted by molar-refractivity contribution is -0.0854. The topological polar surface area (TPSA) is 63.1 Å². The first-order valence-electron chi connectivity index (χ1n) is 8.35. The zero-order valence-corrected chi connectivity index (χ0v) is 15.9. The molecule has 2 N–H and O–H groups in total. The lowest BCUT2D eigenvalue weighted by atomic mass is 9.73. The van der Waals surface area contributed by atoms with Crippen LogP contribution in [0, 0.1) is 16.0 Å². The highest BCUT2D eigenvalue weighted by molar-refractivity contribution is 7.71. The van der Waals surface area contributed by atoms with E-state index in [2.05, 4.69) is 10.1 Å². The van der Waals surface area contributed by atoms with Crippen molar-refractivity contribution in [3.05, 3.63) is 41.2 Å². The van der Waals surface area contributed by atoms with E-state index in [0.717, 1.165) is 0 Å². The van der Waals surface area contributed by atoms with Crippen molar-refractivity contribution >= 4 is 12.2 Å². The number of hydrogen-bond donors (Lipinski definition) is 2. The first-order valence-corrected chi connectivity index (χ1v) is 8.76. The molecule has 0 radical (unpaired) electrons. The molecule has 0 fully saturated rings. The lowest BCUT2D eigenvalue weighted by Crippen LogP contribution is -2.47. The summed E-state index contributed by atoms with van der Waals surface area (Å²) in [4.78, 5) is 4.00. The Morgan fingerprint density at radius 1 is 1.32 bits per heavy atom. The molecule has 2 atom stereocenters. The van der Waals surface area contributed by atoms with Crippen LogP contribution in [0.1, 0.15) is 40.5 Å². The summed E-state index contributed by atoms with van der Waals surface area (Å²) in [7, 11) is 0. The van der Waals surface area contributed by atoms with E-state index in [4.69, 9.17) is 17.0 Å². The molecule has 0 aliphatic rings. The Labute approximate surface area is 152 Å². The second-order valence-corrected chi connectivity index (χ2v) is 7.82. The molecule has 7 heteroatoms. The fourth-order valence-corrected chi connectivity index (χ4v) is 2.76. The lowest BCUT2D eigenvalue weighted by Gasteiger charge is -2.41. The third-order valence-corrected chi connectivity index (χ3v) is 4.88. The molecule has 0 spiro atoms. The van der Waals surface area contributed by atoms with Crippen molar-refractivity contribution in [2.24, 2.45) is 5.41 Å². The van der Waals surface area contributed by atoms with Crippen LogP contribution in [-0.2, 0) is 6.54 Å². The summed E-state index contributed by atoms with van der Waals surface area (Å²) >= 11 is 5.16. The number of benzene rings is 1. The average Bonchev–Trinajstić information content (AvgIpc) is 2.91. The fourth-order valence-electron chi connectivity index (χ4n) is 2.59. The molecule has 2 unspecified atom stereocenters. The smallest absolute Gasteiger partial charge is 0.215 e. The van der Waals surface area contributed by atoms with E-state index in [-0.39, 0.29) is 17.3 Å². The first-order chi connectivity index (χ1) is 11.6. The molecular formula is C18H26FN3O2S. The molecule has 1 aromatic carbocycles. The molecule has 25 heavy (non-hydrogen) atoms. The van der Waals surface area contributed by atoms with Gasteiger partial charge in [-0.2, -0.15) is 0 Å². The molecule has 0 bridgehead atoms. The number of rotatable bonds is 7. The SMILES string of the molecule is CC(CCC(O)(Cn1[nH]cnc1=S)C(C)(C)C)Oc1ccc(F)cc1. The van der Waals surface area contributed by atoms with Crippen LogP contribution in [0.15, 0.2) is 30.6 Å². The van der Waals surface area contributed by atoms with Crippen LogP contribution in [0.3, 0.4) is 0 Å². The Balaban J connectivity index is 2.03. The Kier molecular flexibility index (Phi) is 6.00. The van der Waals surface area contributed by atoms with Crippen molar-refractivity contribution in [2.75, 3.05) is 0 Å². The van der Waals surface area contributed by atoms with Crippen LogP contribution >= 0.6 is 12.2 Å². The number of hydrogen-bond acceptors (Lipinski definition) is 4. The second kappa shape index (κ2) is 7.66. The van der Waals surface area contributed by atoms with Gasteiger partial charge in [-0.15, -0.1) is 0 Å². The van der Waals surface area contributed by atoms with Gasteiger partial charge in [0.2, 0.25) is 4.77 Å². The standard InChI is InChI=1S/C18H26FN3O2S/c1-13(24-15-7-5-14(19)6-8-15)9-10-18(23,17(2,3)4)11-22-16(25)20-12-21-22/h5-8,12-13,23H,9-11H2,1-4H3,(H,20,21,25). The van der Waals surface area contributed by atoms with Crippen molar-refractivity contribution < 1.29 is 14.2 Å². The summed E-state index contributed by atoms with van der Waals surface area (Å²) in [5, 5.41) is 14.2. The van der Waals surface area contributed by atoms with E-state index < -0.39 is 5.60 Å². The van der Waals surface area contributed by atoms with Gasteiger partial charge < -0.3 is 9.84 Å². The van der Waals surface area contributed by atoms with Crippen molar-refractivity contribution in [1.82, 2.24) is 14.8 Å². The highest BCUT2D eigenvalue weighted by Crippen LogP contribution is 2.36. The van der Waals surface area contributed by atoms with Crippen molar-refractivity contribution in [2.45, 2.75) is 58.8 Å². The number of aromatic nitrogens is 3. The fraction of sp³-hybridized carbons (Fsp3) is 0.556. The van der Waals surface area contributed by atoms with Gasteiger partial charge in [0.25, 0.3) is 0 Å². The van der Waals surface area contributed by atoms with Gasteiger partial charge in [0.05, 0.1) is 18.2 Å². The molecule has 2 rings (SSSR count). The largest absolute Gasteiger partial charge is 0.491 e. The van der Waals surface area contributed by atoms with E-state index in [1.807, 2.05) is 27.7 Å². The quantitative estimate of drug-likeness (QED) is 0.723. The molecule has 0 saturated heterocycles. The van der Waals surface area contributed by atoms with Crippen LogP contribution in [0.25, 0.3) is 0 Å². The van der Waals surface area contributed by atoms with Crippen molar-refractivity contribution in [3.8, 4) is 5.75 Å². The summed E-state index contributed by atoms with van der Waals surface area (Å²) in [6.07, 6.45) is 2.58. The van der Waals surface area contributed by atoms with Gasteiger partial charge in [0.1, 0.15) is 17.9 Å². The van der Waals surface area contributed by atoms with Crippen LogP contribution < -0.4 is 4.74 Å². The minimum absolute atomic E-state index is 0.117. The second-order valence-electron chi connectivity index (χ2n) is 7.46. The molecular weight excluding hydrogens is 341 g/mol. The number of nitrogens with zero attached hydrogens (tertiary/aromatic N) is 2. The number of H-pyrrole nitrogens is 1. The predicted octanol–water partition coefficient (Wildman–Crippen LogP) is 4.10. The van der Waals surface area contributed by atoms with Gasteiger partial charge in [-0.05, 0) is 61.7 Å². The Bertz CT molecular complexity index is 736. The molecule has 138 valence electrons. The maximum Gasteiger partial charge on any atom is 0.215 e. The number of nitrogens with one attached hydrogen (secondary N) is 1. The van der Waals surface area contributed by atoms with E-state index in [0.29, 0.717) is 29.9 Å². The number of ether oxygens (including phenoxy) is 1. The van der Waals surface area contributed by atoms with Crippen molar-refractivity contribution in [3.63, 3.8) is 0 Å². The summed E-state index contributed by atoms with van der Waals surface area (Å²) < 4.78 is 20.9. The summed E-state index contributed by atoms with van der Waals surface area (Å²) in [5.41, 5.74) is -1.35. The van der Waals surface area contributed by atoms with Gasteiger partial charge in [-0.25, -0.2) is 9.37 Å². The Morgan fingerprint density at radius 3 is 2.48 bits per heavy atom. The summed E-state index contributed by atoms with van der Waals surface area (Å²) in [6, 6.07) is 5.94. The molecule has 0 aliphatic carbocycles. The van der Waals surface area contributed by atoms with E-state index in [1.54, 1.807) is 16.8 Å². The zero-order valence-electron chi connectivity index (χ0n) is 15.1. The van der Waals surface area contributed by atoms with Crippen LogP contribution in [0.5, 0.6) is 5.75 Å². The third-order valence-electron chi connectivity index (χ3n) is 4.55. The molecule has 0 amide bonds. The van der Waals surface area contributed by atoms with Crippen LogP contribution in [0.2, 0.25) is 0 Å². The Morgan fingerprint density at radius 2 is 1.96 bits per heavy atom. The van der Waals surface area contributed by atoms with Crippen LogP contribution in [-0.4, -0.2) is 31.6 Å². The normalized spacial score (nSPS) is 15.6. The van der Waals surface area contributed by atoms with Crippen LogP contribution in [0.4, 0.5) is 4.39 Å². The summed E-state index contributed by atoms with van der Waals surface area (Å²) in [5.74, 6) is 0.322. The molecule has 5 nitrogen and oxygen atoms in total. The summed E-state index contributed by atoms with van der Waals surface area (Å²) in [6.45, 7) is 8.27. The van der Waals surface area contributed by atoms with Crippen molar-refractivity contribution in [1.29, 1.82) is 0 Å². The highest BCUT2D eigenvalue weighted by atomic mass is 32.1.